The van der Waals surface area contributed by atoms with E-state index in [1.807, 2.05) is 6.92 Å². The molecular weight excluding hydrogens is 268 g/mol. The number of nitrogens with one attached hydrogen (secondary N) is 1. The lowest BCUT2D eigenvalue weighted by atomic mass is 10.2. The van der Waals surface area contributed by atoms with Gasteiger partial charge in [-0.2, -0.15) is 0 Å². The zero-order chi connectivity index (χ0) is 15.8. The van der Waals surface area contributed by atoms with Crippen LogP contribution in [0, 0.1) is 11.8 Å². The molecular formula is C15H20N4O2. The minimum Gasteiger partial charge on any atom is -0.344 e. The molecule has 1 aromatic heterocycles. The molecule has 1 aromatic rings. The lowest BCUT2D eigenvalue weighted by molar-refractivity contribution is -0.131. The molecule has 0 aliphatic carbocycles. The van der Waals surface area contributed by atoms with Gasteiger partial charge in [0.25, 0.3) is 5.91 Å². The molecule has 0 saturated heterocycles. The number of aromatic nitrogens is 1. The predicted octanol–water partition coefficient (Wildman–Crippen LogP) is -0.0116. The first-order valence-electron chi connectivity index (χ1n) is 6.70. The van der Waals surface area contributed by atoms with Crippen LogP contribution in [0.1, 0.15) is 29.9 Å². The number of carbonyl (C=O) groups is 2. The van der Waals surface area contributed by atoms with Crippen molar-refractivity contribution in [2.45, 2.75) is 19.9 Å². The molecule has 1 heterocycles. The van der Waals surface area contributed by atoms with Crippen molar-refractivity contribution in [2.75, 3.05) is 20.1 Å². The summed E-state index contributed by atoms with van der Waals surface area (Å²) in [6.07, 6.45) is 1.50. The van der Waals surface area contributed by atoms with E-state index in [1.165, 1.54) is 6.20 Å². The number of hydrogen-bond acceptors (Lipinski definition) is 4. The van der Waals surface area contributed by atoms with Crippen molar-refractivity contribution in [1.29, 1.82) is 0 Å². The van der Waals surface area contributed by atoms with E-state index in [2.05, 4.69) is 22.1 Å². The molecule has 0 aliphatic rings. The van der Waals surface area contributed by atoms with Gasteiger partial charge in [0.05, 0.1) is 6.54 Å². The minimum absolute atomic E-state index is 0.142. The molecule has 1 atom stereocenters. The van der Waals surface area contributed by atoms with Gasteiger partial charge in [-0.3, -0.25) is 9.59 Å². The second-order valence-electron chi connectivity index (χ2n) is 4.49. The molecule has 0 spiro atoms. The highest BCUT2D eigenvalue weighted by Crippen LogP contribution is 2.00. The Balaban J connectivity index is 2.69. The normalized spacial score (nSPS) is 11.0. The molecule has 0 fully saturated rings. The topological polar surface area (TPSA) is 88.3 Å². The van der Waals surface area contributed by atoms with Crippen molar-refractivity contribution < 1.29 is 9.59 Å². The molecule has 0 aromatic carbocycles. The third-order valence-electron chi connectivity index (χ3n) is 2.90. The molecule has 3 N–H and O–H groups in total. The molecule has 6 nitrogen and oxygen atoms in total. The van der Waals surface area contributed by atoms with Crippen LogP contribution in [-0.4, -0.2) is 47.9 Å². The zero-order valence-electron chi connectivity index (χ0n) is 12.5. The number of hydrogen-bond donors (Lipinski definition) is 2. The molecule has 0 saturated carbocycles. The van der Waals surface area contributed by atoms with Gasteiger partial charge in [-0.1, -0.05) is 11.8 Å². The smallest absolute Gasteiger partial charge is 0.270 e. The van der Waals surface area contributed by atoms with Gasteiger partial charge < -0.3 is 16.0 Å². The number of pyridine rings is 1. The van der Waals surface area contributed by atoms with Gasteiger partial charge in [-0.05, 0) is 26.0 Å². The van der Waals surface area contributed by atoms with Crippen LogP contribution in [0.3, 0.4) is 0 Å². The van der Waals surface area contributed by atoms with E-state index in [0.29, 0.717) is 12.1 Å². The summed E-state index contributed by atoms with van der Waals surface area (Å²) in [5.41, 5.74) is 6.21. The van der Waals surface area contributed by atoms with Gasteiger partial charge in [0, 0.05) is 25.4 Å². The predicted molar refractivity (Wildman–Crippen MR) is 80.4 cm³/mol. The Kier molecular flexibility index (Phi) is 6.37. The van der Waals surface area contributed by atoms with Gasteiger partial charge in [-0.15, -0.1) is 0 Å². The summed E-state index contributed by atoms with van der Waals surface area (Å²) in [7, 11) is 1.69. The summed E-state index contributed by atoms with van der Waals surface area (Å²) >= 11 is 0. The largest absolute Gasteiger partial charge is 0.344 e. The zero-order valence-corrected chi connectivity index (χ0v) is 12.5. The maximum Gasteiger partial charge on any atom is 0.270 e. The third kappa shape index (κ3) is 4.89. The van der Waals surface area contributed by atoms with Crippen LogP contribution in [0.15, 0.2) is 18.3 Å². The lowest BCUT2D eigenvalue weighted by Gasteiger charge is -2.20. The second kappa shape index (κ2) is 8.02. The summed E-state index contributed by atoms with van der Waals surface area (Å²) < 4.78 is 0. The molecule has 2 amide bonds. The highest BCUT2D eigenvalue weighted by Gasteiger charge is 2.19. The Hall–Kier alpha value is -2.39. The quantitative estimate of drug-likeness (QED) is 0.763. The number of amides is 2. The SMILES string of the molecule is CCN(C)C(=O)C(C)NC(=O)c1ccc(C#CCN)cn1. The van der Waals surface area contributed by atoms with Gasteiger partial charge >= 0.3 is 0 Å². The standard InChI is InChI=1S/C15H20N4O2/c1-4-19(3)15(21)11(2)18-14(20)13-8-7-12(10-17-13)6-5-9-16/h7-8,10-11H,4,9,16H2,1-3H3,(H,18,20). The van der Waals surface area contributed by atoms with Crippen molar-refractivity contribution >= 4 is 11.8 Å². The van der Waals surface area contributed by atoms with E-state index < -0.39 is 11.9 Å². The number of carbonyl (C=O) groups excluding carboxylic acids is 2. The van der Waals surface area contributed by atoms with E-state index in [1.54, 1.807) is 31.0 Å². The van der Waals surface area contributed by atoms with E-state index >= 15 is 0 Å². The third-order valence-corrected chi connectivity index (χ3v) is 2.90. The fourth-order valence-electron chi connectivity index (χ4n) is 1.57. The Morgan fingerprint density at radius 2 is 2.19 bits per heavy atom. The summed E-state index contributed by atoms with van der Waals surface area (Å²) in [5, 5.41) is 2.63. The average molecular weight is 288 g/mol. The van der Waals surface area contributed by atoms with Crippen LogP contribution < -0.4 is 11.1 Å². The number of nitrogens with zero attached hydrogens (tertiary/aromatic N) is 2. The van der Waals surface area contributed by atoms with Crippen LogP contribution in [-0.2, 0) is 4.79 Å². The molecule has 1 rings (SSSR count). The van der Waals surface area contributed by atoms with Gasteiger partial charge in [0.2, 0.25) is 5.91 Å². The lowest BCUT2D eigenvalue weighted by Crippen LogP contribution is -2.45. The van der Waals surface area contributed by atoms with Crippen LogP contribution >= 0.6 is 0 Å². The number of likely N-dealkylation sites (N-methyl/N-ethyl adjacent to an activating group) is 1. The molecule has 0 radical (unpaired) electrons. The summed E-state index contributed by atoms with van der Waals surface area (Å²) in [4.78, 5) is 29.4. The Morgan fingerprint density at radius 3 is 2.71 bits per heavy atom. The van der Waals surface area contributed by atoms with Crippen LogP contribution in [0.25, 0.3) is 0 Å². The Bertz CT molecular complexity index is 557. The van der Waals surface area contributed by atoms with Crippen LogP contribution in [0.5, 0.6) is 0 Å². The van der Waals surface area contributed by atoms with Crippen molar-refractivity contribution in [3.63, 3.8) is 0 Å². The highest BCUT2D eigenvalue weighted by atomic mass is 16.2. The first-order chi connectivity index (χ1) is 9.99. The fourth-order valence-corrected chi connectivity index (χ4v) is 1.57. The van der Waals surface area contributed by atoms with Gasteiger partial charge in [0.1, 0.15) is 11.7 Å². The summed E-state index contributed by atoms with van der Waals surface area (Å²) in [6.45, 7) is 4.38. The van der Waals surface area contributed by atoms with E-state index in [0.717, 1.165) is 0 Å². The minimum atomic E-state index is -0.596. The van der Waals surface area contributed by atoms with Crippen molar-refractivity contribution in [2.24, 2.45) is 5.73 Å². The Morgan fingerprint density at radius 1 is 1.48 bits per heavy atom. The van der Waals surface area contributed by atoms with Crippen molar-refractivity contribution in [1.82, 2.24) is 15.2 Å². The van der Waals surface area contributed by atoms with Crippen molar-refractivity contribution in [3.05, 3.63) is 29.6 Å². The first kappa shape index (κ1) is 16.7. The monoisotopic (exact) mass is 288 g/mol. The van der Waals surface area contributed by atoms with Crippen molar-refractivity contribution in [3.8, 4) is 11.8 Å². The summed E-state index contributed by atoms with van der Waals surface area (Å²) in [5.74, 6) is 5.00. The molecule has 112 valence electrons. The molecule has 0 aliphatic heterocycles. The van der Waals surface area contributed by atoms with E-state index in [9.17, 15) is 9.59 Å². The molecule has 21 heavy (non-hydrogen) atoms. The second-order valence-corrected chi connectivity index (χ2v) is 4.49. The average Bonchev–Trinajstić information content (AvgIpc) is 2.51. The molecule has 1 unspecified atom stereocenters. The Labute approximate surface area is 124 Å². The van der Waals surface area contributed by atoms with Gasteiger partial charge in [-0.25, -0.2) is 4.98 Å². The maximum absolute atomic E-state index is 12.0. The highest BCUT2D eigenvalue weighted by molar-refractivity contribution is 5.95. The number of rotatable bonds is 4. The maximum atomic E-state index is 12.0. The van der Waals surface area contributed by atoms with Crippen LogP contribution in [0.4, 0.5) is 0 Å². The van der Waals surface area contributed by atoms with Crippen LogP contribution in [0.2, 0.25) is 0 Å². The molecule has 0 bridgehead atoms. The first-order valence-corrected chi connectivity index (χ1v) is 6.70. The number of nitrogens with two attached hydrogens (primary N) is 1. The summed E-state index contributed by atoms with van der Waals surface area (Å²) in [6, 6.07) is 2.66. The van der Waals surface area contributed by atoms with E-state index in [-0.39, 0.29) is 18.1 Å². The fraction of sp³-hybridized carbons (Fsp3) is 0.400. The molecule has 6 heteroatoms. The van der Waals surface area contributed by atoms with Gasteiger partial charge in [0.15, 0.2) is 0 Å². The van der Waals surface area contributed by atoms with E-state index in [4.69, 9.17) is 5.73 Å².